The van der Waals surface area contributed by atoms with Crippen LogP contribution in [-0.2, 0) is 12.8 Å². The third kappa shape index (κ3) is 6.76. The Kier molecular flexibility index (Phi) is 9.24. The number of carbonyl (C=O) groups excluding carboxylic acids is 1. The lowest BCUT2D eigenvalue weighted by molar-refractivity contribution is 0.0986. The summed E-state index contributed by atoms with van der Waals surface area (Å²) in [5, 5.41) is 12.8. The first kappa shape index (κ1) is 25.2. The lowest BCUT2D eigenvalue weighted by atomic mass is 10.00. The van der Waals surface area contributed by atoms with Crippen molar-refractivity contribution in [3.05, 3.63) is 75.0 Å². The molecular formula is C28H35NO3S. The molecule has 1 unspecified atom stereocenters. The monoisotopic (exact) mass is 465 g/mol. The van der Waals surface area contributed by atoms with Crippen molar-refractivity contribution in [1.29, 1.82) is 0 Å². The van der Waals surface area contributed by atoms with Crippen LogP contribution in [0.2, 0.25) is 0 Å². The minimum atomic E-state index is -0.546. The van der Waals surface area contributed by atoms with Gasteiger partial charge in [0.25, 0.3) is 0 Å². The number of Topliss-reactive ketones (excluding diaryl/α,β-unsaturated/α-hetero) is 1. The van der Waals surface area contributed by atoms with Gasteiger partial charge in [-0.05, 0) is 67.6 Å². The number of aliphatic hydroxyl groups is 1. The molecule has 1 atom stereocenters. The Morgan fingerprint density at radius 2 is 1.79 bits per heavy atom. The van der Waals surface area contributed by atoms with Gasteiger partial charge in [0.1, 0.15) is 18.5 Å². The second-order valence-electron chi connectivity index (χ2n) is 8.57. The van der Waals surface area contributed by atoms with Crippen LogP contribution < -0.4 is 10.1 Å². The van der Waals surface area contributed by atoms with E-state index in [1.54, 1.807) is 18.4 Å². The van der Waals surface area contributed by atoms with Crippen molar-refractivity contribution in [2.45, 2.75) is 52.6 Å². The number of likely N-dealkylation sites (N-methyl/N-ethyl adjacent to an activating group) is 1. The molecule has 0 saturated carbocycles. The zero-order valence-corrected chi connectivity index (χ0v) is 20.9. The maximum Gasteiger partial charge on any atom is 0.173 e. The number of hydrogen-bond donors (Lipinski definition) is 2. The number of aliphatic hydroxyl groups excluding tert-OH is 1. The molecule has 0 spiro atoms. The number of hydrogen-bond acceptors (Lipinski definition) is 5. The molecule has 3 aromatic rings. The van der Waals surface area contributed by atoms with E-state index in [0.29, 0.717) is 19.4 Å². The van der Waals surface area contributed by atoms with Gasteiger partial charge in [0.05, 0.1) is 4.88 Å². The zero-order valence-electron chi connectivity index (χ0n) is 20.1. The van der Waals surface area contributed by atoms with Crippen LogP contribution in [0.3, 0.4) is 0 Å². The van der Waals surface area contributed by atoms with Crippen LogP contribution in [0.4, 0.5) is 0 Å². The molecule has 33 heavy (non-hydrogen) atoms. The molecule has 2 aromatic carbocycles. The van der Waals surface area contributed by atoms with Crippen LogP contribution in [0.15, 0.2) is 48.5 Å². The SMILES string of the molecule is CCCc1sc(C(=O)CCc2cc(C)c(OCC(O)CNC)c(C)c2)cc1-c1ccccc1. The van der Waals surface area contributed by atoms with Crippen LogP contribution >= 0.6 is 11.3 Å². The highest BCUT2D eigenvalue weighted by Crippen LogP contribution is 2.33. The Morgan fingerprint density at radius 3 is 2.42 bits per heavy atom. The van der Waals surface area contributed by atoms with Crippen molar-refractivity contribution in [2.24, 2.45) is 0 Å². The van der Waals surface area contributed by atoms with E-state index in [1.165, 1.54) is 16.0 Å². The Labute approximate surface area is 201 Å². The van der Waals surface area contributed by atoms with Crippen molar-refractivity contribution in [3.8, 4) is 16.9 Å². The molecule has 4 nitrogen and oxygen atoms in total. The molecule has 0 aliphatic rings. The van der Waals surface area contributed by atoms with Gasteiger partial charge in [-0.15, -0.1) is 11.3 Å². The number of thiophene rings is 1. The Bertz CT molecular complexity index is 1040. The smallest absolute Gasteiger partial charge is 0.173 e. The second-order valence-corrected chi connectivity index (χ2v) is 9.70. The number of aryl methyl sites for hydroxylation is 4. The van der Waals surface area contributed by atoms with E-state index in [1.807, 2.05) is 32.0 Å². The summed E-state index contributed by atoms with van der Waals surface area (Å²) in [6, 6.07) is 16.6. The van der Waals surface area contributed by atoms with E-state index in [-0.39, 0.29) is 12.4 Å². The van der Waals surface area contributed by atoms with Gasteiger partial charge in [0.2, 0.25) is 0 Å². The van der Waals surface area contributed by atoms with Gasteiger partial charge in [0.15, 0.2) is 5.78 Å². The fraction of sp³-hybridized carbons (Fsp3) is 0.393. The molecule has 1 aromatic heterocycles. The van der Waals surface area contributed by atoms with E-state index in [2.05, 4.69) is 42.6 Å². The molecule has 0 saturated heterocycles. The number of carbonyl (C=O) groups is 1. The number of ether oxygens (including phenoxy) is 1. The van der Waals surface area contributed by atoms with E-state index in [9.17, 15) is 9.90 Å². The highest BCUT2D eigenvalue weighted by molar-refractivity contribution is 7.14. The highest BCUT2D eigenvalue weighted by atomic mass is 32.1. The van der Waals surface area contributed by atoms with Crippen molar-refractivity contribution in [1.82, 2.24) is 5.32 Å². The summed E-state index contributed by atoms with van der Waals surface area (Å²) in [5.41, 5.74) is 5.57. The number of benzene rings is 2. The van der Waals surface area contributed by atoms with Crippen LogP contribution in [0.5, 0.6) is 5.75 Å². The van der Waals surface area contributed by atoms with Crippen LogP contribution in [0.25, 0.3) is 11.1 Å². The fourth-order valence-electron chi connectivity index (χ4n) is 4.11. The van der Waals surface area contributed by atoms with Gasteiger partial charge in [-0.3, -0.25) is 4.79 Å². The zero-order chi connectivity index (χ0) is 23.8. The average Bonchev–Trinajstić information content (AvgIpc) is 3.22. The molecule has 0 amide bonds. The molecule has 5 heteroatoms. The maximum absolute atomic E-state index is 13.0. The standard InChI is InChI=1S/C28H35NO3S/c1-5-9-26-24(22-10-7-6-8-11-22)16-27(33-26)25(31)13-12-21-14-19(2)28(20(3)15-21)32-18-23(30)17-29-4/h6-8,10-11,14-16,23,29-30H,5,9,12-13,17-18H2,1-4H3. The van der Waals surface area contributed by atoms with Crippen molar-refractivity contribution >= 4 is 17.1 Å². The molecule has 0 fully saturated rings. The van der Waals surface area contributed by atoms with Crippen molar-refractivity contribution in [2.75, 3.05) is 20.2 Å². The van der Waals surface area contributed by atoms with Gasteiger partial charge >= 0.3 is 0 Å². The first-order valence-electron chi connectivity index (χ1n) is 11.7. The molecule has 0 bridgehead atoms. The first-order valence-corrected chi connectivity index (χ1v) is 12.5. The van der Waals surface area contributed by atoms with Gasteiger partial charge < -0.3 is 15.2 Å². The summed E-state index contributed by atoms with van der Waals surface area (Å²) >= 11 is 1.65. The summed E-state index contributed by atoms with van der Waals surface area (Å²) < 4.78 is 5.86. The lowest BCUT2D eigenvalue weighted by Gasteiger charge is -2.16. The third-order valence-corrected chi connectivity index (χ3v) is 6.90. The third-order valence-electron chi connectivity index (χ3n) is 5.67. The molecular weight excluding hydrogens is 430 g/mol. The minimum Gasteiger partial charge on any atom is -0.490 e. The topological polar surface area (TPSA) is 58.6 Å². The molecule has 2 N–H and O–H groups in total. The van der Waals surface area contributed by atoms with Crippen molar-refractivity contribution < 1.29 is 14.6 Å². The second kappa shape index (κ2) is 12.1. The predicted octanol–water partition coefficient (Wildman–Crippen LogP) is 5.76. The molecule has 176 valence electrons. The lowest BCUT2D eigenvalue weighted by Crippen LogP contribution is -2.29. The molecule has 0 aliphatic heterocycles. The summed E-state index contributed by atoms with van der Waals surface area (Å²) in [6.07, 6.45) is 2.69. The van der Waals surface area contributed by atoms with Gasteiger partial charge in [-0.25, -0.2) is 0 Å². The van der Waals surface area contributed by atoms with E-state index in [0.717, 1.165) is 40.2 Å². The van der Waals surface area contributed by atoms with Crippen LogP contribution in [0.1, 0.15) is 51.0 Å². The number of nitrogens with one attached hydrogen (secondary N) is 1. The fourth-order valence-corrected chi connectivity index (χ4v) is 5.36. The van der Waals surface area contributed by atoms with Crippen molar-refractivity contribution in [3.63, 3.8) is 0 Å². The minimum absolute atomic E-state index is 0.199. The summed E-state index contributed by atoms with van der Waals surface area (Å²) in [4.78, 5) is 15.2. The average molecular weight is 466 g/mol. The predicted molar refractivity (Wildman–Crippen MR) is 138 cm³/mol. The molecule has 0 radical (unpaired) electrons. The van der Waals surface area contributed by atoms with Gasteiger partial charge in [0, 0.05) is 17.8 Å². The van der Waals surface area contributed by atoms with E-state index in [4.69, 9.17) is 4.74 Å². The normalized spacial score (nSPS) is 12.0. The van der Waals surface area contributed by atoms with E-state index < -0.39 is 6.10 Å². The first-order chi connectivity index (χ1) is 15.9. The van der Waals surface area contributed by atoms with Crippen LogP contribution in [0, 0.1) is 13.8 Å². The molecule has 3 rings (SSSR count). The van der Waals surface area contributed by atoms with Crippen LogP contribution in [-0.4, -0.2) is 37.2 Å². The summed E-state index contributed by atoms with van der Waals surface area (Å²) in [7, 11) is 1.80. The molecule has 0 aliphatic carbocycles. The Hall–Kier alpha value is -2.47. The largest absolute Gasteiger partial charge is 0.490 e. The summed E-state index contributed by atoms with van der Waals surface area (Å²) in [5.74, 6) is 1.01. The van der Waals surface area contributed by atoms with E-state index >= 15 is 0 Å². The number of rotatable bonds is 12. The highest BCUT2D eigenvalue weighted by Gasteiger charge is 2.16. The van der Waals surface area contributed by atoms with Gasteiger partial charge in [-0.1, -0.05) is 55.8 Å². The Balaban J connectivity index is 1.68. The quantitative estimate of drug-likeness (QED) is 0.334. The maximum atomic E-state index is 13.0. The Morgan fingerprint density at radius 1 is 1.09 bits per heavy atom. The van der Waals surface area contributed by atoms with Gasteiger partial charge in [-0.2, -0.15) is 0 Å². The molecule has 1 heterocycles. The number of ketones is 1. The summed E-state index contributed by atoms with van der Waals surface area (Å²) in [6.45, 7) is 6.95.